The van der Waals surface area contributed by atoms with E-state index in [4.69, 9.17) is 4.74 Å². The number of carbonyl (C=O) groups excluding carboxylic acids is 1. The van der Waals surface area contributed by atoms with Crippen LogP contribution >= 0.6 is 0 Å². The minimum atomic E-state index is -3.88. The Bertz CT molecular complexity index is 986. The van der Waals surface area contributed by atoms with E-state index in [1.54, 1.807) is 0 Å². The molecule has 2 aromatic rings. The summed E-state index contributed by atoms with van der Waals surface area (Å²) in [6.07, 6.45) is 7.14. The fourth-order valence-electron chi connectivity index (χ4n) is 3.99. The number of hydrogen-bond acceptors (Lipinski definition) is 6. The summed E-state index contributed by atoms with van der Waals surface area (Å²) >= 11 is 0. The highest BCUT2D eigenvalue weighted by molar-refractivity contribution is 7.92. The highest BCUT2D eigenvalue weighted by atomic mass is 32.2. The van der Waals surface area contributed by atoms with Crippen LogP contribution in [0.25, 0.3) is 0 Å². The summed E-state index contributed by atoms with van der Waals surface area (Å²) in [5, 5.41) is 2.69. The minimum absolute atomic E-state index is 0.141. The number of nitrogens with one attached hydrogen (secondary N) is 1. The van der Waals surface area contributed by atoms with Crippen molar-refractivity contribution in [2.24, 2.45) is 0 Å². The Morgan fingerprint density at radius 1 is 1.07 bits per heavy atom. The number of anilines is 1. The third kappa shape index (κ3) is 3.41. The van der Waals surface area contributed by atoms with Gasteiger partial charge in [0.1, 0.15) is 12.1 Å². The van der Waals surface area contributed by atoms with Crippen LogP contribution in [0.15, 0.2) is 23.5 Å². The molecule has 7 nitrogen and oxygen atoms in total. The molecule has 0 radical (unpaired) electrons. The van der Waals surface area contributed by atoms with Crippen molar-refractivity contribution in [1.82, 2.24) is 9.97 Å². The van der Waals surface area contributed by atoms with E-state index in [9.17, 15) is 13.2 Å². The lowest BCUT2D eigenvalue weighted by molar-refractivity contribution is -0.113. The lowest BCUT2D eigenvalue weighted by Gasteiger charge is -2.16. The van der Waals surface area contributed by atoms with Crippen LogP contribution in [-0.2, 0) is 40.3 Å². The van der Waals surface area contributed by atoms with Gasteiger partial charge in [0.25, 0.3) is 0 Å². The molecule has 8 heteroatoms. The van der Waals surface area contributed by atoms with Crippen molar-refractivity contribution in [2.45, 2.75) is 43.6 Å². The standard InChI is InChI=1S/C19H21N3O4S/c1-26-17-9-18(21-11-20-17)27(24,25)10-16(23)22-19-14-6-2-4-12(14)8-13-5-3-7-15(13)19/h8-9,11H,2-7,10H2,1H3,(H,22,23). The molecule has 2 aliphatic rings. The number of benzene rings is 1. The van der Waals surface area contributed by atoms with E-state index in [1.165, 1.54) is 35.4 Å². The van der Waals surface area contributed by atoms with Crippen LogP contribution in [0.3, 0.4) is 0 Å². The first-order valence-electron chi connectivity index (χ1n) is 9.03. The third-order valence-corrected chi connectivity index (χ3v) is 6.71. The Morgan fingerprint density at radius 2 is 1.74 bits per heavy atom. The number of sulfone groups is 1. The molecule has 0 unspecified atom stereocenters. The predicted octanol–water partition coefficient (Wildman–Crippen LogP) is 1.88. The molecule has 1 N–H and O–H groups in total. The van der Waals surface area contributed by atoms with Crippen molar-refractivity contribution < 1.29 is 17.9 Å². The molecule has 0 spiro atoms. The van der Waals surface area contributed by atoms with E-state index >= 15 is 0 Å². The summed E-state index contributed by atoms with van der Waals surface area (Å²) in [6.45, 7) is 0. The van der Waals surface area contributed by atoms with Crippen LogP contribution in [0.2, 0.25) is 0 Å². The second-order valence-electron chi connectivity index (χ2n) is 6.94. The van der Waals surface area contributed by atoms with Crippen LogP contribution in [0.1, 0.15) is 35.1 Å². The Balaban J connectivity index is 1.59. The number of fused-ring (bicyclic) bond motifs is 2. The quantitative estimate of drug-likeness (QED) is 0.787. The first kappa shape index (κ1) is 17.9. The molecule has 1 amide bonds. The molecule has 1 aromatic carbocycles. The summed E-state index contributed by atoms with van der Waals surface area (Å²) in [4.78, 5) is 20.2. The molecular formula is C19H21N3O4S. The zero-order valence-corrected chi connectivity index (χ0v) is 15.9. The van der Waals surface area contributed by atoms with E-state index in [0.29, 0.717) is 0 Å². The monoisotopic (exact) mass is 387 g/mol. The summed E-state index contributed by atoms with van der Waals surface area (Å²) in [5.74, 6) is -1.06. The van der Waals surface area contributed by atoms with Crippen molar-refractivity contribution in [3.63, 3.8) is 0 Å². The second kappa shape index (κ2) is 6.92. The first-order chi connectivity index (χ1) is 13.0. The average molecular weight is 387 g/mol. The number of methoxy groups -OCH3 is 1. The Labute approximate surface area is 158 Å². The summed E-state index contributed by atoms with van der Waals surface area (Å²) in [6, 6.07) is 3.49. The summed E-state index contributed by atoms with van der Waals surface area (Å²) < 4.78 is 30.1. The maximum Gasteiger partial charge on any atom is 0.240 e. The van der Waals surface area contributed by atoms with E-state index < -0.39 is 21.5 Å². The second-order valence-corrected chi connectivity index (χ2v) is 8.88. The number of amides is 1. The molecule has 1 heterocycles. The largest absolute Gasteiger partial charge is 0.481 e. The Morgan fingerprint density at radius 3 is 2.37 bits per heavy atom. The van der Waals surface area contributed by atoms with E-state index in [2.05, 4.69) is 21.4 Å². The number of aromatic nitrogens is 2. The Kier molecular flexibility index (Phi) is 4.59. The van der Waals surface area contributed by atoms with Gasteiger partial charge in [0.15, 0.2) is 5.03 Å². The maximum atomic E-state index is 12.6. The molecular weight excluding hydrogens is 366 g/mol. The molecule has 0 atom stereocenters. The molecule has 142 valence electrons. The van der Waals surface area contributed by atoms with Gasteiger partial charge < -0.3 is 10.1 Å². The molecule has 0 bridgehead atoms. The number of carbonyl (C=O) groups is 1. The topological polar surface area (TPSA) is 98.2 Å². The van der Waals surface area contributed by atoms with Gasteiger partial charge in [-0.2, -0.15) is 0 Å². The molecule has 0 aliphatic heterocycles. The van der Waals surface area contributed by atoms with Crippen molar-refractivity contribution in [1.29, 1.82) is 0 Å². The average Bonchev–Trinajstić information content (AvgIpc) is 3.30. The van der Waals surface area contributed by atoms with Crippen molar-refractivity contribution in [2.75, 3.05) is 18.2 Å². The van der Waals surface area contributed by atoms with Gasteiger partial charge in [0, 0.05) is 11.8 Å². The first-order valence-corrected chi connectivity index (χ1v) is 10.7. The van der Waals surface area contributed by atoms with Gasteiger partial charge in [-0.05, 0) is 60.8 Å². The van der Waals surface area contributed by atoms with Crippen LogP contribution in [0.5, 0.6) is 5.88 Å². The van der Waals surface area contributed by atoms with E-state index in [0.717, 1.165) is 50.5 Å². The van der Waals surface area contributed by atoms with E-state index in [-0.39, 0.29) is 10.9 Å². The third-order valence-electron chi connectivity index (χ3n) is 5.20. The normalized spacial score (nSPS) is 15.3. The summed E-state index contributed by atoms with van der Waals surface area (Å²) in [5.41, 5.74) is 5.76. The van der Waals surface area contributed by atoms with Crippen molar-refractivity contribution >= 4 is 21.4 Å². The number of hydrogen-bond donors (Lipinski definition) is 1. The fourth-order valence-corrected chi connectivity index (χ4v) is 5.05. The smallest absolute Gasteiger partial charge is 0.240 e. The molecule has 0 fully saturated rings. The SMILES string of the molecule is COc1cc(S(=O)(=O)CC(=O)Nc2c3c(cc4c2CCC4)CCC3)ncn1. The number of aryl methyl sites for hydroxylation is 2. The zero-order chi connectivity index (χ0) is 19.0. The molecule has 0 saturated heterocycles. The van der Waals surface area contributed by atoms with Gasteiger partial charge >= 0.3 is 0 Å². The molecule has 1 aromatic heterocycles. The Hall–Kier alpha value is -2.48. The molecule has 2 aliphatic carbocycles. The van der Waals surface area contributed by atoms with Crippen LogP contribution < -0.4 is 10.1 Å². The fraction of sp³-hybridized carbons (Fsp3) is 0.421. The lowest BCUT2D eigenvalue weighted by Crippen LogP contribution is -2.25. The minimum Gasteiger partial charge on any atom is -0.481 e. The number of rotatable bonds is 5. The summed E-state index contributed by atoms with van der Waals surface area (Å²) in [7, 11) is -2.49. The van der Waals surface area contributed by atoms with Crippen molar-refractivity contribution in [3.05, 3.63) is 40.7 Å². The molecule has 27 heavy (non-hydrogen) atoms. The molecule has 0 saturated carbocycles. The van der Waals surface area contributed by atoms with Gasteiger partial charge in [0.05, 0.1) is 7.11 Å². The highest BCUT2D eigenvalue weighted by Gasteiger charge is 2.27. The van der Waals surface area contributed by atoms with Gasteiger partial charge in [-0.15, -0.1) is 0 Å². The number of nitrogens with zero attached hydrogens (tertiary/aromatic N) is 2. The van der Waals surface area contributed by atoms with E-state index in [1.807, 2.05) is 0 Å². The van der Waals surface area contributed by atoms with Gasteiger partial charge in [0.2, 0.25) is 21.6 Å². The number of ether oxygens (including phenoxy) is 1. The molecule has 4 rings (SSSR count). The van der Waals surface area contributed by atoms with Crippen LogP contribution in [-0.4, -0.2) is 37.2 Å². The predicted molar refractivity (Wildman–Crippen MR) is 99.8 cm³/mol. The van der Waals surface area contributed by atoms with Gasteiger partial charge in [-0.25, -0.2) is 18.4 Å². The maximum absolute atomic E-state index is 12.6. The van der Waals surface area contributed by atoms with Crippen molar-refractivity contribution in [3.8, 4) is 5.88 Å². The van der Waals surface area contributed by atoms with Gasteiger partial charge in [-0.3, -0.25) is 4.79 Å². The highest BCUT2D eigenvalue weighted by Crippen LogP contribution is 2.38. The van der Waals surface area contributed by atoms with Crippen LogP contribution in [0, 0.1) is 0 Å². The zero-order valence-electron chi connectivity index (χ0n) is 15.1. The van der Waals surface area contributed by atoms with Crippen LogP contribution in [0.4, 0.5) is 5.69 Å². The van der Waals surface area contributed by atoms with Gasteiger partial charge in [-0.1, -0.05) is 6.07 Å². The lowest BCUT2D eigenvalue weighted by atomic mass is 9.98.